The van der Waals surface area contributed by atoms with Crippen LogP contribution < -0.4 is 10.2 Å². The molecule has 1 aromatic rings. The van der Waals surface area contributed by atoms with Crippen molar-refractivity contribution in [1.82, 2.24) is 10.3 Å². The number of alkyl halides is 3. The molecular formula is C13H18F3N3. The largest absolute Gasteiger partial charge is 0.417 e. The van der Waals surface area contributed by atoms with Gasteiger partial charge in [-0.05, 0) is 31.5 Å². The summed E-state index contributed by atoms with van der Waals surface area (Å²) in [6.07, 6.45) is -1.41. The van der Waals surface area contributed by atoms with E-state index in [0.29, 0.717) is 11.9 Å². The summed E-state index contributed by atoms with van der Waals surface area (Å²) in [6, 6.07) is 3.06. The zero-order valence-electron chi connectivity index (χ0n) is 10.9. The van der Waals surface area contributed by atoms with E-state index in [0.717, 1.165) is 44.7 Å². The molecule has 2 rings (SSSR count). The number of hydrogen-bond acceptors (Lipinski definition) is 3. The standard InChI is InChI=1S/C13H18F3N3/c1-2-17-11-5-7-19(8-6-11)12-4-3-10(9-18-12)13(14,15)16/h3-4,9,11,17H,2,5-8H2,1H3. The van der Waals surface area contributed by atoms with Gasteiger partial charge in [-0.1, -0.05) is 6.92 Å². The second kappa shape index (κ2) is 5.77. The molecule has 0 aromatic carbocycles. The van der Waals surface area contributed by atoms with E-state index < -0.39 is 11.7 Å². The van der Waals surface area contributed by atoms with Crippen LogP contribution in [0.2, 0.25) is 0 Å². The minimum absolute atomic E-state index is 0.510. The fraction of sp³-hybridized carbons (Fsp3) is 0.615. The summed E-state index contributed by atoms with van der Waals surface area (Å²) in [4.78, 5) is 5.96. The Morgan fingerprint density at radius 3 is 2.47 bits per heavy atom. The lowest BCUT2D eigenvalue weighted by atomic mass is 10.1. The first-order valence-corrected chi connectivity index (χ1v) is 6.52. The van der Waals surface area contributed by atoms with Gasteiger partial charge in [-0.3, -0.25) is 0 Å². The minimum Gasteiger partial charge on any atom is -0.357 e. The second-order valence-corrected chi connectivity index (χ2v) is 4.72. The number of pyridine rings is 1. The molecule has 0 spiro atoms. The molecule has 1 fully saturated rings. The molecule has 19 heavy (non-hydrogen) atoms. The average molecular weight is 273 g/mol. The number of nitrogens with one attached hydrogen (secondary N) is 1. The molecule has 106 valence electrons. The monoisotopic (exact) mass is 273 g/mol. The van der Waals surface area contributed by atoms with Gasteiger partial charge in [0.1, 0.15) is 5.82 Å². The zero-order chi connectivity index (χ0) is 13.9. The molecule has 1 saturated heterocycles. The van der Waals surface area contributed by atoms with E-state index in [1.165, 1.54) is 6.07 Å². The molecule has 0 radical (unpaired) electrons. The third kappa shape index (κ3) is 3.59. The van der Waals surface area contributed by atoms with E-state index >= 15 is 0 Å². The molecule has 0 saturated carbocycles. The third-order valence-electron chi connectivity index (χ3n) is 3.39. The van der Waals surface area contributed by atoms with Crippen molar-refractivity contribution in [3.05, 3.63) is 23.9 Å². The van der Waals surface area contributed by atoms with Crippen LogP contribution in [0.1, 0.15) is 25.3 Å². The van der Waals surface area contributed by atoms with Crippen molar-refractivity contribution < 1.29 is 13.2 Å². The predicted octanol–water partition coefficient (Wildman–Crippen LogP) is 2.68. The van der Waals surface area contributed by atoms with Gasteiger partial charge in [-0.15, -0.1) is 0 Å². The predicted molar refractivity (Wildman–Crippen MR) is 68.2 cm³/mol. The van der Waals surface area contributed by atoms with Gasteiger partial charge in [-0.25, -0.2) is 4.98 Å². The molecule has 6 heteroatoms. The molecule has 0 amide bonds. The Labute approximate surface area is 110 Å². The van der Waals surface area contributed by atoms with Gasteiger partial charge in [-0.2, -0.15) is 13.2 Å². The highest BCUT2D eigenvalue weighted by Crippen LogP contribution is 2.29. The first-order chi connectivity index (χ1) is 9.00. The fourth-order valence-corrected chi connectivity index (χ4v) is 2.34. The summed E-state index contributed by atoms with van der Waals surface area (Å²) in [5.74, 6) is 0.628. The Hall–Kier alpha value is -1.30. The van der Waals surface area contributed by atoms with Crippen LogP contribution in [0.4, 0.5) is 19.0 Å². The van der Waals surface area contributed by atoms with Gasteiger partial charge < -0.3 is 10.2 Å². The van der Waals surface area contributed by atoms with Crippen LogP contribution in [0.15, 0.2) is 18.3 Å². The lowest BCUT2D eigenvalue weighted by Gasteiger charge is -2.33. The molecule has 3 nitrogen and oxygen atoms in total. The quantitative estimate of drug-likeness (QED) is 0.917. The number of anilines is 1. The Bertz CT molecular complexity index is 395. The molecule has 1 aliphatic heterocycles. The Morgan fingerprint density at radius 2 is 2.00 bits per heavy atom. The molecule has 2 heterocycles. The maximum absolute atomic E-state index is 12.4. The van der Waals surface area contributed by atoms with Crippen molar-refractivity contribution in [2.24, 2.45) is 0 Å². The Balaban J connectivity index is 1.97. The lowest BCUT2D eigenvalue weighted by molar-refractivity contribution is -0.137. The fourth-order valence-electron chi connectivity index (χ4n) is 2.34. The number of halogens is 3. The topological polar surface area (TPSA) is 28.2 Å². The number of aromatic nitrogens is 1. The van der Waals surface area contributed by atoms with E-state index in [9.17, 15) is 13.2 Å². The summed E-state index contributed by atoms with van der Waals surface area (Å²) in [6.45, 7) is 4.68. The zero-order valence-corrected chi connectivity index (χ0v) is 10.9. The van der Waals surface area contributed by atoms with Crippen molar-refractivity contribution in [2.75, 3.05) is 24.5 Å². The molecule has 0 bridgehead atoms. The van der Waals surface area contributed by atoms with Crippen LogP contribution in [0.5, 0.6) is 0 Å². The van der Waals surface area contributed by atoms with Crippen molar-refractivity contribution >= 4 is 5.82 Å². The van der Waals surface area contributed by atoms with E-state index in [1.54, 1.807) is 0 Å². The molecule has 0 aliphatic carbocycles. The maximum Gasteiger partial charge on any atom is 0.417 e. The van der Waals surface area contributed by atoms with Gasteiger partial charge >= 0.3 is 6.18 Å². The SMILES string of the molecule is CCNC1CCN(c2ccc(C(F)(F)F)cn2)CC1. The number of piperidine rings is 1. The Morgan fingerprint density at radius 1 is 1.32 bits per heavy atom. The number of rotatable bonds is 3. The highest BCUT2D eigenvalue weighted by atomic mass is 19.4. The number of nitrogens with zero attached hydrogens (tertiary/aromatic N) is 2. The van der Waals surface area contributed by atoms with Crippen molar-refractivity contribution in [2.45, 2.75) is 32.0 Å². The summed E-state index contributed by atoms with van der Waals surface area (Å²) >= 11 is 0. The first kappa shape index (κ1) is 14.1. The lowest BCUT2D eigenvalue weighted by Crippen LogP contribution is -2.42. The summed E-state index contributed by atoms with van der Waals surface area (Å²) in [5.41, 5.74) is -0.696. The number of hydrogen-bond donors (Lipinski definition) is 1. The molecular weight excluding hydrogens is 255 g/mol. The van der Waals surface area contributed by atoms with E-state index in [1.807, 2.05) is 4.90 Å². The average Bonchev–Trinajstić information content (AvgIpc) is 2.39. The highest BCUT2D eigenvalue weighted by molar-refractivity contribution is 5.40. The normalized spacial score (nSPS) is 17.8. The van der Waals surface area contributed by atoms with Crippen molar-refractivity contribution in [3.63, 3.8) is 0 Å². The van der Waals surface area contributed by atoms with Crippen LogP contribution in [0.25, 0.3) is 0 Å². The van der Waals surface area contributed by atoms with E-state index in [-0.39, 0.29) is 0 Å². The van der Waals surface area contributed by atoms with Gasteiger partial charge in [0.05, 0.1) is 5.56 Å². The van der Waals surface area contributed by atoms with E-state index in [4.69, 9.17) is 0 Å². The van der Waals surface area contributed by atoms with Crippen LogP contribution in [-0.2, 0) is 6.18 Å². The highest BCUT2D eigenvalue weighted by Gasteiger charge is 2.31. The molecule has 1 aliphatic rings. The summed E-state index contributed by atoms with van der Waals surface area (Å²) < 4.78 is 37.3. The van der Waals surface area contributed by atoms with Crippen LogP contribution >= 0.6 is 0 Å². The van der Waals surface area contributed by atoms with Gasteiger partial charge in [0.15, 0.2) is 0 Å². The van der Waals surface area contributed by atoms with Crippen molar-refractivity contribution in [1.29, 1.82) is 0 Å². The van der Waals surface area contributed by atoms with Crippen LogP contribution in [-0.4, -0.2) is 30.7 Å². The third-order valence-corrected chi connectivity index (χ3v) is 3.39. The second-order valence-electron chi connectivity index (χ2n) is 4.72. The first-order valence-electron chi connectivity index (χ1n) is 6.52. The smallest absolute Gasteiger partial charge is 0.357 e. The minimum atomic E-state index is -4.32. The Kier molecular flexibility index (Phi) is 4.29. The van der Waals surface area contributed by atoms with Gasteiger partial charge in [0, 0.05) is 25.3 Å². The maximum atomic E-state index is 12.4. The van der Waals surface area contributed by atoms with E-state index in [2.05, 4.69) is 17.2 Å². The molecule has 0 atom stereocenters. The molecule has 1 N–H and O–H groups in total. The summed E-state index contributed by atoms with van der Waals surface area (Å²) in [5, 5.41) is 3.39. The van der Waals surface area contributed by atoms with Crippen molar-refractivity contribution in [3.8, 4) is 0 Å². The van der Waals surface area contributed by atoms with Gasteiger partial charge in [0.2, 0.25) is 0 Å². The van der Waals surface area contributed by atoms with Crippen LogP contribution in [0.3, 0.4) is 0 Å². The summed E-state index contributed by atoms with van der Waals surface area (Å²) in [7, 11) is 0. The van der Waals surface area contributed by atoms with Crippen LogP contribution in [0, 0.1) is 0 Å². The van der Waals surface area contributed by atoms with Gasteiger partial charge in [0.25, 0.3) is 0 Å². The molecule has 0 unspecified atom stereocenters. The molecule has 1 aromatic heterocycles.